The van der Waals surface area contributed by atoms with E-state index in [0.717, 1.165) is 10.4 Å². The lowest BCUT2D eigenvalue weighted by molar-refractivity contribution is 0.0697. The maximum Gasteiger partial charge on any atom is 0.337 e. The van der Waals surface area contributed by atoms with Crippen molar-refractivity contribution < 1.29 is 14.7 Å². The highest BCUT2D eigenvalue weighted by Crippen LogP contribution is 2.37. The van der Waals surface area contributed by atoms with Gasteiger partial charge in [-0.1, -0.05) is 42.5 Å². The van der Waals surface area contributed by atoms with Crippen molar-refractivity contribution in [3.8, 4) is 0 Å². The Morgan fingerprint density at radius 2 is 1.71 bits per heavy atom. The maximum absolute atomic E-state index is 11.6. The van der Waals surface area contributed by atoms with E-state index in [4.69, 9.17) is 0 Å². The molecule has 0 fully saturated rings. The first-order valence-corrected chi connectivity index (χ1v) is 7.10. The van der Waals surface area contributed by atoms with Gasteiger partial charge < -0.3 is 5.11 Å². The van der Waals surface area contributed by atoms with Crippen LogP contribution in [-0.2, 0) is 0 Å². The van der Waals surface area contributed by atoms with Crippen LogP contribution in [0, 0.1) is 4.91 Å². The number of anilines is 2. The monoisotopic (exact) mass is 320 g/mol. The van der Waals surface area contributed by atoms with Crippen LogP contribution < -0.4 is 5.01 Å². The maximum atomic E-state index is 11.6. The minimum absolute atomic E-state index is 0.0750. The predicted octanol–water partition coefficient (Wildman–Crippen LogP) is 4.17. The van der Waals surface area contributed by atoms with Crippen molar-refractivity contribution in [3.63, 3.8) is 0 Å². The molecule has 0 spiro atoms. The summed E-state index contributed by atoms with van der Waals surface area (Å²) in [6.07, 6.45) is 0.596. The summed E-state index contributed by atoms with van der Waals surface area (Å²) in [5.74, 6) is -1.19. The molecule has 0 aliphatic heterocycles. The lowest BCUT2D eigenvalue weighted by atomic mass is 10.0. The lowest BCUT2D eigenvalue weighted by Gasteiger charge is -2.21. The van der Waals surface area contributed by atoms with E-state index in [1.807, 2.05) is 6.07 Å². The van der Waals surface area contributed by atoms with Crippen LogP contribution in [0.15, 0.2) is 65.9 Å². The molecule has 3 aromatic rings. The van der Waals surface area contributed by atoms with E-state index < -0.39 is 5.97 Å². The highest BCUT2D eigenvalue weighted by molar-refractivity contribution is 6.08. The number of nitrogens with zero attached hydrogens (tertiary/aromatic N) is 2. The number of nitroso groups, excluding NO2 is 1. The molecule has 0 aliphatic carbocycles. The summed E-state index contributed by atoms with van der Waals surface area (Å²) in [7, 11) is 0. The molecule has 0 saturated heterocycles. The molecule has 0 amide bonds. The molecule has 0 aliphatic rings. The number of para-hydroxylation sites is 1. The second kappa shape index (κ2) is 6.29. The molecule has 0 heterocycles. The van der Waals surface area contributed by atoms with Crippen LogP contribution in [0.5, 0.6) is 0 Å². The van der Waals surface area contributed by atoms with Crippen molar-refractivity contribution in [2.75, 3.05) is 5.01 Å². The van der Waals surface area contributed by atoms with Crippen molar-refractivity contribution >= 4 is 34.4 Å². The Bertz CT molecular complexity index is 953. The molecular formula is C18H12N2O4. The number of benzene rings is 3. The second-order valence-electron chi connectivity index (χ2n) is 5.06. The van der Waals surface area contributed by atoms with E-state index in [2.05, 4.69) is 5.29 Å². The molecule has 0 unspecified atom stereocenters. The normalized spacial score (nSPS) is 10.3. The SMILES string of the molecule is O=Cc1ccccc1N(N=O)c1c(C(=O)O)ccc2ccccc12. The number of rotatable bonds is 5. The highest BCUT2D eigenvalue weighted by atomic mass is 16.4. The number of carboxylic acids is 1. The number of hydrogen-bond acceptors (Lipinski definition) is 4. The van der Waals surface area contributed by atoms with Crippen LogP contribution in [0.25, 0.3) is 10.8 Å². The van der Waals surface area contributed by atoms with Crippen LogP contribution >= 0.6 is 0 Å². The zero-order valence-corrected chi connectivity index (χ0v) is 12.4. The Kier molecular flexibility index (Phi) is 4.03. The molecular weight excluding hydrogens is 308 g/mol. The zero-order valence-electron chi connectivity index (χ0n) is 12.4. The fraction of sp³-hybridized carbons (Fsp3) is 0. The molecule has 3 aromatic carbocycles. The van der Waals surface area contributed by atoms with Gasteiger partial charge >= 0.3 is 5.97 Å². The van der Waals surface area contributed by atoms with Crippen molar-refractivity contribution in [1.29, 1.82) is 0 Å². The summed E-state index contributed by atoms with van der Waals surface area (Å²) >= 11 is 0. The third kappa shape index (κ3) is 2.50. The molecule has 24 heavy (non-hydrogen) atoms. The standard InChI is InChI=1S/C18H12N2O4/c21-11-13-6-2-4-8-16(13)20(19-24)17-14-7-3-1-5-12(14)9-10-15(17)18(22)23/h1-11H,(H,22,23). The van der Waals surface area contributed by atoms with Gasteiger partial charge in [0.25, 0.3) is 0 Å². The number of carboxylic acid groups (broad SMARTS) is 1. The largest absolute Gasteiger partial charge is 0.478 e. The van der Waals surface area contributed by atoms with E-state index in [-0.39, 0.29) is 22.5 Å². The van der Waals surface area contributed by atoms with Gasteiger partial charge in [-0.25, -0.2) is 4.79 Å². The van der Waals surface area contributed by atoms with E-state index in [0.29, 0.717) is 11.7 Å². The topological polar surface area (TPSA) is 87.0 Å². The van der Waals surface area contributed by atoms with Crippen LogP contribution in [0.1, 0.15) is 20.7 Å². The summed E-state index contributed by atoms with van der Waals surface area (Å²) in [5, 5.41) is 14.8. The number of carbonyl (C=O) groups is 2. The van der Waals surface area contributed by atoms with Crippen LogP contribution in [0.4, 0.5) is 11.4 Å². The molecule has 3 rings (SSSR count). The van der Waals surface area contributed by atoms with Crippen LogP contribution in [-0.4, -0.2) is 17.4 Å². The average molecular weight is 320 g/mol. The third-order valence-corrected chi connectivity index (χ3v) is 3.72. The van der Waals surface area contributed by atoms with Gasteiger partial charge in [0.15, 0.2) is 6.29 Å². The molecule has 0 aromatic heterocycles. The van der Waals surface area contributed by atoms with Crippen molar-refractivity contribution in [1.82, 2.24) is 0 Å². The first-order chi connectivity index (χ1) is 11.7. The molecule has 0 atom stereocenters. The van der Waals surface area contributed by atoms with E-state index in [1.165, 1.54) is 12.1 Å². The minimum Gasteiger partial charge on any atom is -0.478 e. The van der Waals surface area contributed by atoms with Gasteiger partial charge in [0.2, 0.25) is 0 Å². The number of aldehydes is 1. The van der Waals surface area contributed by atoms with Crippen molar-refractivity contribution in [3.05, 3.63) is 76.7 Å². The van der Waals surface area contributed by atoms with Gasteiger partial charge in [0.1, 0.15) is 0 Å². The Balaban J connectivity index is 2.37. The summed E-state index contributed by atoms with van der Waals surface area (Å²) in [5.41, 5.74) is 0.515. The molecule has 1 N–H and O–H groups in total. The summed E-state index contributed by atoms with van der Waals surface area (Å²) in [6, 6.07) is 16.5. The van der Waals surface area contributed by atoms with E-state index in [1.54, 1.807) is 42.5 Å². The van der Waals surface area contributed by atoms with Crippen LogP contribution in [0.2, 0.25) is 0 Å². The fourth-order valence-electron chi connectivity index (χ4n) is 2.64. The molecule has 118 valence electrons. The molecule has 6 nitrogen and oxygen atoms in total. The third-order valence-electron chi connectivity index (χ3n) is 3.72. The Morgan fingerprint density at radius 3 is 2.42 bits per heavy atom. The Morgan fingerprint density at radius 1 is 1.00 bits per heavy atom. The summed E-state index contributed by atoms with van der Waals surface area (Å²) in [6.45, 7) is 0. The average Bonchev–Trinajstić information content (AvgIpc) is 2.62. The number of carbonyl (C=O) groups excluding carboxylic acids is 1. The van der Waals surface area contributed by atoms with Gasteiger partial charge in [-0.3, -0.25) is 4.79 Å². The van der Waals surface area contributed by atoms with Gasteiger partial charge in [0, 0.05) is 10.9 Å². The van der Waals surface area contributed by atoms with Gasteiger partial charge in [0.05, 0.1) is 22.2 Å². The molecule has 0 saturated carbocycles. The van der Waals surface area contributed by atoms with Crippen molar-refractivity contribution in [2.24, 2.45) is 5.29 Å². The lowest BCUT2D eigenvalue weighted by Crippen LogP contribution is -2.15. The van der Waals surface area contributed by atoms with E-state index >= 15 is 0 Å². The number of hydrogen-bond donors (Lipinski definition) is 1. The predicted molar refractivity (Wildman–Crippen MR) is 90.7 cm³/mol. The quantitative estimate of drug-likeness (QED) is 0.433. The number of aromatic carboxylic acids is 1. The van der Waals surface area contributed by atoms with E-state index in [9.17, 15) is 19.6 Å². The highest BCUT2D eigenvalue weighted by Gasteiger charge is 2.23. The second-order valence-corrected chi connectivity index (χ2v) is 5.06. The summed E-state index contributed by atoms with van der Waals surface area (Å²) in [4.78, 5) is 34.5. The zero-order chi connectivity index (χ0) is 17.1. The van der Waals surface area contributed by atoms with Crippen LogP contribution in [0.3, 0.4) is 0 Å². The smallest absolute Gasteiger partial charge is 0.337 e. The molecule has 0 bridgehead atoms. The van der Waals surface area contributed by atoms with Crippen molar-refractivity contribution in [2.45, 2.75) is 0 Å². The number of fused-ring (bicyclic) bond motifs is 1. The molecule has 6 heteroatoms. The van der Waals surface area contributed by atoms with Gasteiger partial charge in [-0.15, -0.1) is 4.91 Å². The Labute approximate surface area is 136 Å². The summed E-state index contributed by atoms with van der Waals surface area (Å²) < 4.78 is 0. The van der Waals surface area contributed by atoms with Gasteiger partial charge in [-0.2, -0.15) is 5.01 Å². The fourth-order valence-corrected chi connectivity index (χ4v) is 2.64. The Hall–Kier alpha value is -3.54. The minimum atomic E-state index is -1.19. The van der Waals surface area contributed by atoms with Gasteiger partial charge in [-0.05, 0) is 23.6 Å². The first kappa shape index (κ1) is 15.4. The molecule has 0 radical (unpaired) electrons. The first-order valence-electron chi connectivity index (χ1n) is 7.10.